The lowest BCUT2D eigenvalue weighted by atomic mass is 10.0. The summed E-state index contributed by atoms with van der Waals surface area (Å²) in [7, 11) is 1.79. The summed E-state index contributed by atoms with van der Waals surface area (Å²) in [6, 6.07) is 6.61. The van der Waals surface area contributed by atoms with Gasteiger partial charge in [-0.25, -0.2) is 4.39 Å². The summed E-state index contributed by atoms with van der Waals surface area (Å²) in [5.74, 6) is -0.282. The molecule has 2 aliphatic rings. The Bertz CT molecular complexity index is 684. The van der Waals surface area contributed by atoms with Crippen molar-refractivity contribution in [3.8, 4) is 0 Å². The maximum Gasteiger partial charge on any atom is 0.228 e. The zero-order chi connectivity index (χ0) is 19.4. The number of hydrogen-bond acceptors (Lipinski definition) is 4. The first kappa shape index (κ1) is 19.8. The van der Waals surface area contributed by atoms with Crippen molar-refractivity contribution in [2.24, 2.45) is 5.92 Å². The highest BCUT2D eigenvalue weighted by Gasteiger charge is 2.34. The van der Waals surface area contributed by atoms with Crippen molar-refractivity contribution in [3.63, 3.8) is 0 Å². The van der Waals surface area contributed by atoms with Crippen LogP contribution in [-0.4, -0.2) is 60.4 Å². The molecule has 2 heterocycles. The highest BCUT2D eigenvalue weighted by molar-refractivity contribution is 5.80. The second-order valence-electron chi connectivity index (χ2n) is 7.60. The third-order valence-electron chi connectivity index (χ3n) is 5.82. The van der Waals surface area contributed by atoms with Crippen molar-refractivity contribution >= 4 is 11.8 Å². The number of hydrazine groups is 1. The number of halogens is 1. The molecule has 0 radical (unpaired) electrons. The quantitative estimate of drug-likeness (QED) is 0.832. The smallest absolute Gasteiger partial charge is 0.228 e. The maximum absolute atomic E-state index is 13.8. The lowest BCUT2D eigenvalue weighted by Crippen LogP contribution is -2.42. The van der Waals surface area contributed by atoms with Gasteiger partial charge in [0.25, 0.3) is 0 Å². The number of rotatable bonds is 4. The number of nitrogens with zero attached hydrogens (tertiary/aromatic N) is 2. The molecular weight excluding hydrogens is 347 g/mol. The Morgan fingerprint density at radius 2 is 2.04 bits per heavy atom. The second-order valence-corrected chi connectivity index (χ2v) is 7.60. The summed E-state index contributed by atoms with van der Waals surface area (Å²) in [5.41, 5.74) is 6.57. The Morgan fingerprint density at radius 1 is 1.26 bits per heavy atom. The van der Waals surface area contributed by atoms with Gasteiger partial charge in [-0.1, -0.05) is 18.2 Å². The molecule has 1 aromatic carbocycles. The number of carbonyl (C=O) groups is 2. The van der Waals surface area contributed by atoms with Crippen LogP contribution in [0.1, 0.15) is 31.7 Å². The van der Waals surface area contributed by atoms with Gasteiger partial charge < -0.3 is 9.80 Å². The lowest BCUT2D eigenvalue weighted by Gasteiger charge is -2.28. The van der Waals surface area contributed by atoms with Crippen LogP contribution in [0, 0.1) is 11.7 Å². The molecule has 2 aliphatic heterocycles. The van der Waals surface area contributed by atoms with Gasteiger partial charge in [0.05, 0.1) is 12.3 Å². The van der Waals surface area contributed by atoms with Crippen LogP contribution in [0.5, 0.6) is 0 Å². The van der Waals surface area contributed by atoms with Gasteiger partial charge >= 0.3 is 0 Å². The van der Waals surface area contributed by atoms with E-state index in [1.54, 1.807) is 30.1 Å². The molecule has 6 nitrogen and oxygen atoms in total. The van der Waals surface area contributed by atoms with Crippen molar-refractivity contribution in [1.29, 1.82) is 0 Å². The number of carbonyl (C=O) groups excluding carboxylic acids is 2. The minimum absolute atomic E-state index is 0.0398. The van der Waals surface area contributed by atoms with Gasteiger partial charge in [0, 0.05) is 38.8 Å². The SMILES string of the molecule is CC1NNCC1C(=O)N1CCCC(N(C)C(=O)Cc2ccccc2F)CC1. The molecule has 7 heteroatoms. The highest BCUT2D eigenvalue weighted by atomic mass is 19.1. The standard InChI is InChI=1S/C20H29FN4O2/c1-14-17(13-22-23-14)20(27)25-10-5-7-16(9-11-25)24(2)19(26)12-15-6-3-4-8-18(15)21/h3-4,6,8,14,16-17,22-23H,5,7,9-13H2,1-2H3. The van der Waals surface area contributed by atoms with Crippen molar-refractivity contribution in [2.75, 3.05) is 26.7 Å². The van der Waals surface area contributed by atoms with E-state index in [1.807, 2.05) is 11.8 Å². The monoisotopic (exact) mass is 376 g/mol. The van der Waals surface area contributed by atoms with Crippen LogP contribution in [0.3, 0.4) is 0 Å². The van der Waals surface area contributed by atoms with E-state index in [4.69, 9.17) is 0 Å². The van der Waals surface area contributed by atoms with Gasteiger partial charge in [0.15, 0.2) is 0 Å². The molecule has 2 saturated heterocycles. The van der Waals surface area contributed by atoms with Crippen LogP contribution in [-0.2, 0) is 16.0 Å². The highest BCUT2D eigenvalue weighted by Crippen LogP contribution is 2.20. The summed E-state index contributed by atoms with van der Waals surface area (Å²) in [5, 5.41) is 0. The van der Waals surface area contributed by atoms with Crippen LogP contribution in [0.4, 0.5) is 4.39 Å². The Hall–Kier alpha value is -1.99. The molecule has 0 bridgehead atoms. The molecule has 1 aromatic rings. The van der Waals surface area contributed by atoms with E-state index in [1.165, 1.54) is 6.07 Å². The molecule has 2 amide bonds. The van der Waals surface area contributed by atoms with Gasteiger partial charge in [-0.05, 0) is 37.8 Å². The molecule has 0 saturated carbocycles. The predicted octanol–water partition coefficient (Wildman–Crippen LogP) is 1.32. The average molecular weight is 376 g/mol. The summed E-state index contributed by atoms with van der Waals surface area (Å²) >= 11 is 0. The summed E-state index contributed by atoms with van der Waals surface area (Å²) in [4.78, 5) is 29.1. The van der Waals surface area contributed by atoms with Crippen molar-refractivity contribution in [3.05, 3.63) is 35.6 Å². The Balaban J connectivity index is 1.56. The number of hydrogen-bond donors (Lipinski definition) is 2. The van der Waals surface area contributed by atoms with E-state index >= 15 is 0 Å². The third-order valence-corrected chi connectivity index (χ3v) is 5.82. The minimum Gasteiger partial charge on any atom is -0.342 e. The zero-order valence-electron chi connectivity index (χ0n) is 16.1. The van der Waals surface area contributed by atoms with E-state index in [0.717, 1.165) is 25.8 Å². The van der Waals surface area contributed by atoms with Gasteiger partial charge in [0.2, 0.25) is 11.8 Å². The molecule has 3 unspecified atom stereocenters. The molecule has 3 rings (SSSR count). The molecular formula is C20H29FN4O2. The van der Waals surface area contributed by atoms with Gasteiger partial charge in [-0.3, -0.25) is 20.4 Å². The number of nitrogens with one attached hydrogen (secondary N) is 2. The van der Waals surface area contributed by atoms with Gasteiger partial charge in [0.1, 0.15) is 5.82 Å². The van der Waals surface area contributed by atoms with Gasteiger partial charge in [-0.15, -0.1) is 0 Å². The normalized spacial score (nSPS) is 25.9. The summed E-state index contributed by atoms with van der Waals surface area (Å²) in [6.45, 7) is 4.05. The van der Waals surface area contributed by atoms with E-state index in [2.05, 4.69) is 10.9 Å². The number of likely N-dealkylation sites (tertiary alicyclic amines) is 1. The predicted molar refractivity (Wildman–Crippen MR) is 101 cm³/mol. The second kappa shape index (κ2) is 8.80. The lowest BCUT2D eigenvalue weighted by molar-refractivity contribution is -0.135. The first-order valence-corrected chi connectivity index (χ1v) is 9.73. The molecule has 0 aliphatic carbocycles. The molecule has 3 atom stereocenters. The molecule has 0 spiro atoms. The number of benzene rings is 1. The largest absolute Gasteiger partial charge is 0.342 e. The topological polar surface area (TPSA) is 64.7 Å². The Morgan fingerprint density at radius 3 is 2.74 bits per heavy atom. The molecule has 27 heavy (non-hydrogen) atoms. The fourth-order valence-electron chi connectivity index (χ4n) is 3.96. The van der Waals surface area contributed by atoms with E-state index in [0.29, 0.717) is 18.7 Å². The Kier molecular flexibility index (Phi) is 6.44. The van der Waals surface area contributed by atoms with Crippen LogP contribution in [0.25, 0.3) is 0 Å². The van der Waals surface area contributed by atoms with Crippen LogP contribution in [0.2, 0.25) is 0 Å². The molecule has 2 N–H and O–H groups in total. The fourth-order valence-corrected chi connectivity index (χ4v) is 3.96. The van der Waals surface area contributed by atoms with Crippen molar-refractivity contribution < 1.29 is 14.0 Å². The van der Waals surface area contributed by atoms with Crippen molar-refractivity contribution in [1.82, 2.24) is 20.7 Å². The molecule has 148 valence electrons. The van der Waals surface area contributed by atoms with Crippen LogP contribution in [0.15, 0.2) is 24.3 Å². The van der Waals surface area contributed by atoms with Crippen LogP contribution < -0.4 is 10.9 Å². The van der Waals surface area contributed by atoms with E-state index < -0.39 is 0 Å². The summed E-state index contributed by atoms with van der Waals surface area (Å²) in [6.07, 6.45) is 2.56. The average Bonchev–Trinajstić information content (AvgIpc) is 2.94. The molecule has 0 aromatic heterocycles. The fraction of sp³-hybridized carbons (Fsp3) is 0.600. The summed E-state index contributed by atoms with van der Waals surface area (Å²) < 4.78 is 13.8. The van der Waals surface area contributed by atoms with E-state index in [9.17, 15) is 14.0 Å². The first-order chi connectivity index (χ1) is 13.0. The molecule has 2 fully saturated rings. The Labute approximate surface area is 160 Å². The maximum atomic E-state index is 13.8. The van der Waals surface area contributed by atoms with E-state index in [-0.39, 0.29) is 42.1 Å². The third kappa shape index (κ3) is 4.65. The van der Waals surface area contributed by atoms with Crippen LogP contribution >= 0.6 is 0 Å². The zero-order valence-corrected chi connectivity index (χ0v) is 16.1. The number of likely N-dealkylation sites (N-methyl/N-ethyl adjacent to an activating group) is 1. The van der Waals surface area contributed by atoms with Gasteiger partial charge in [-0.2, -0.15) is 0 Å². The number of amides is 2. The minimum atomic E-state index is -0.343. The van der Waals surface area contributed by atoms with Crippen molar-refractivity contribution in [2.45, 2.75) is 44.7 Å². The first-order valence-electron chi connectivity index (χ1n) is 9.73.